The Morgan fingerprint density at radius 3 is 2.42 bits per heavy atom. The molecule has 1 N–H and O–H groups in total. The van der Waals surface area contributed by atoms with Gasteiger partial charge in [0.1, 0.15) is 5.75 Å². The molecule has 4 nitrogen and oxygen atoms in total. The topological polar surface area (TPSA) is 39.7 Å². The van der Waals surface area contributed by atoms with E-state index >= 15 is 0 Å². The summed E-state index contributed by atoms with van der Waals surface area (Å²) in [6.45, 7) is 6.55. The van der Waals surface area contributed by atoms with E-state index in [9.17, 15) is 0 Å². The molecular formula is C20H27Cl2NO3. The van der Waals surface area contributed by atoms with Gasteiger partial charge in [0.25, 0.3) is 0 Å². The van der Waals surface area contributed by atoms with Crippen molar-refractivity contribution in [2.24, 2.45) is 0 Å². The third kappa shape index (κ3) is 6.27. The Balaban J connectivity index is 0.00000338. The molecule has 0 saturated heterocycles. The quantitative estimate of drug-likeness (QED) is 0.576. The van der Waals surface area contributed by atoms with E-state index in [4.69, 9.17) is 25.8 Å². The van der Waals surface area contributed by atoms with E-state index in [1.165, 1.54) is 5.56 Å². The monoisotopic (exact) mass is 399 g/mol. The van der Waals surface area contributed by atoms with Crippen LogP contribution in [-0.2, 0) is 13.0 Å². The predicted octanol–water partition coefficient (Wildman–Crippen LogP) is 4.90. The average Bonchev–Trinajstić information content (AvgIpc) is 2.62. The normalized spacial score (nSPS) is 10.2. The summed E-state index contributed by atoms with van der Waals surface area (Å²) in [6, 6.07) is 12.0. The summed E-state index contributed by atoms with van der Waals surface area (Å²) in [4.78, 5) is 0. The second-order valence-electron chi connectivity index (χ2n) is 5.51. The fourth-order valence-corrected chi connectivity index (χ4v) is 2.92. The highest BCUT2D eigenvalue weighted by atomic mass is 35.5. The van der Waals surface area contributed by atoms with E-state index in [1.54, 1.807) is 7.11 Å². The number of hydrogen-bond donors (Lipinski definition) is 1. The maximum atomic E-state index is 6.35. The van der Waals surface area contributed by atoms with Gasteiger partial charge in [-0.15, -0.1) is 12.4 Å². The summed E-state index contributed by atoms with van der Waals surface area (Å²) >= 11 is 6.35. The first-order chi connectivity index (χ1) is 12.2. The van der Waals surface area contributed by atoms with Crippen LogP contribution in [0.3, 0.4) is 0 Å². The van der Waals surface area contributed by atoms with Gasteiger partial charge >= 0.3 is 0 Å². The van der Waals surface area contributed by atoms with Crippen LogP contribution in [0.1, 0.15) is 25.0 Å². The van der Waals surface area contributed by atoms with Crippen molar-refractivity contribution in [3.63, 3.8) is 0 Å². The van der Waals surface area contributed by atoms with Crippen molar-refractivity contribution in [3.05, 3.63) is 52.5 Å². The highest BCUT2D eigenvalue weighted by Gasteiger charge is 2.12. The Hall–Kier alpha value is -1.62. The van der Waals surface area contributed by atoms with E-state index in [0.717, 1.165) is 24.3 Å². The SMILES string of the molecule is CCOc1cc(CNCCc2ccccc2OC)cc(Cl)c1OCC.Cl. The molecule has 0 aliphatic rings. The lowest BCUT2D eigenvalue weighted by Gasteiger charge is -2.15. The summed E-state index contributed by atoms with van der Waals surface area (Å²) < 4.78 is 16.6. The Morgan fingerprint density at radius 1 is 1.00 bits per heavy atom. The van der Waals surface area contributed by atoms with E-state index in [-0.39, 0.29) is 12.4 Å². The van der Waals surface area contributed by atoms with E-state index in [2.05, 4.69) is 11.4 Å². The molecule has 0 atom stereocenters. The van der Waals surface area contributed by atoms with Gasteiger partial charge < -0.3 is 19.5 Å². The number of rotatable bonds is 10. The molecule has 2 aromatic carbocycles. The smallest absolute Gasteiger partial charge is 0.179 e. The third-order valence-corrected chi connectivity index (χ3v) is 4.03. The van der Waals surface area contributed by atoms with Crippen molar-refractivity contribution in [1.29, 1.82) is 0 Å². The molecule has 0 bridgehead atoms. The first-order valence-electron chi connectivity index (χ1n) is 8.60. The van der Waals surface area contributed by atoms with Crippen molar-refractivity contribution < 1.29 is 14.2 Å². The Bertz CT molecular complexity index is 680. The van der Waals surface area contributed by atoms with Gasteiger partial charge in [-0.1, -0.05) is 29.8 Å². The molecule has 0 saturated carbocycles. The van der Waals surface area contributed by atoms with Gasteiger partial charge in [-0.2, -0.15) is 0 Å². The van der Waals surface area contributed by atoms with Gasteiger partial charge in [0.15, 0.2) is 11.5 Å². The largest absolute Gasteiger partial charge is 0.496 e. The highest BCUT2D eigenvalue weighted by molar-refractivity contribution is 6.32. The molecule has 0 aliphatic heterocycles. The Kier molecular flexibility index (Phi) is 10.3. The predicted molar refractivity (Wildman–Crippen MR) is 109 cm³/mol. The van der Waals surface area contributed by atoms with Gasteiger partial charge in [-0.05, 0) is 56.1 Å². The lowest BCUT2D eigenvalue weighted by Crippen LogP contribution is -2.17. The van der Waals surface area contributed by atoms with Gasteiger partial charge in [0, 0.05) is 6.54 Å². The van der Waals surface area contributed by atoms with Gasteiger partial charge in [0.2, 0.25) is 0 Å². The van der Waals surface area contributed by atoms with Crippen LogP contribution in [-0.4, -0.2) is 26.9 Å². The van der Waals surface area contributed by atoms with Crippen LogP contribution in [0.25, 0.3) is 0 Å². The van der Waals surface area contributed by atoms with Crippen LogP contribution >= 0.6 is 24.0 Å². The number of methoxy groups -OCH3 is 1. The maximum Gasteiger partial charge on any atom is 0.179 e. The standard InChI is InChI=1S/C20H26ClNO3.ClH/c1-4-24-19-13-15(12-17(21)20(19)25-5-2)14-22-11-10-16-8-6-7-9-18(16)23-3;/h6-9,12-13,22H,4-5,10-11,14H2,1-3H3;1H. The van der Waals surface area contributed by atoms with Gasteiger partial charge in [-0.25, -0.2) is 0 Å². The third-order valence-electron chi connectivity index (χ3n) is 3.75. The molecule has 6 heteroatoms. The molecule has 0 unspecified atom stereocenters. The molecule has 0 fully saturated rings. The minimum absolute atomic E-state index is 0. The molecule has 0 amide bonds. The first kappa shape index (κ1) is 22.4. The van der Waals surface area contributed by atoms with E-state index in [0.29, 0.717) is 36.3 Å². The van der Waals surface area contributed by atoms with Crippen molar-refractivity contribution >= 4 is 24.0 Å². The van der Waals surface area contributed by atoms with Crippen LogP contribution in [0.2, 0.25) is 5.02 Å². The lowest BCUT2D eigenvalue weighted by atomic mass is 10.1. The molecule has 0 aliphatic carbocycles. The number of hydrogen-bond acceptors (Lipinski definition) is 4. The summed E-state index contributed by atoms with van der Waals surface area (Å²) in [5.41, 5.74) is 2.26. The molecule has 0 aromatic heterocycles. The fourth-order valence-electron chi connectivity index (χ4n) is 2.64. The van der Waals surface area contributed by atoms with Crippen molar-refractivity contribution in [2.75, 3.05) is 26.9 Å². The lowest BCUT2D eigenvalue weighted by molar-refractivity contribution is 0.287. The summed E-state index contributed by atoms with van der Waals surface area (Å²) in [6.07, 6.45) is 0.896. The number of para-hydroxylation sites is 1. The minimum Gasteiger partial charge on any atom is -0.496 e. The molecule has 2 rings (SSSR count). The second kappa shape index (κ2) is 11.9. The Labute approximate surface area is 167 Å². The molecular weight excluding hydrogens is 373 g/mol. The molecule has 26 heavy (non-hydrogen) atoms. The fraction of sp³-hybridized carbons (Fsp3) is 0.400. The number of ether oxygens (including phenoxy) is 3. The van der Waals surface area contributed by atoms with Crippen LogP contribution < -0.4 is 19.5 Å². The zero-order valence-electron chi connectivity index (χ0n) is 15.5. The van der Waals surface area contributed by atoms with Crippen molar-refractivity contribution in [3.8, 4) is 17.2 Å². The van der Waals surface area contributed by atoms with Gasteiger partial charge in [-0.3, -0.25) is 0 Å². The second-order valence-corrected chi connectivity index (χ2v) is 5.92. The first-order valence-corrected chi connectivity index (χ1v) is 8.98. The Morgan fingerprint density at radius 2 is 1.73 bits per heavy atom. The molecule has 0 heterocycles. The highest BCUT2D eigenvalue weighted by Crippen LogP contribution is 2.36. The molecule has 144 valence electrons. The average molecular weight is 400 g/mol. The minimum atomic E-state index is 0. The molecule has 2 aromatic rings. The molecule has 0 spiro atoms. The van der Waals surface area contributed by atoms with Crippen LogP contribution in [0.5, 0.6) is 17.2 Å². The van der Waals surface area contributed by atoms with Gasteiger partial charge in [0.05, 0.1) is 25.3 Å². The summed E-state index contributed by atoms with van der Waals surface area (Å²) in [5.74, 6) is 2.23. The van der Waals surface area contributed by atoms with Crippen molar-refractivity contribution in [1.82, 2.24) is 5.32 Å². The van der Waals surface area contributed by atoms with Crippen molar-refractivity contribution in [2.45, 2.75) is 26.8 Å². The number of nitrogens with one attached hydrogen (secondary N) is 1. The zero-order chi connectivity index (χ0) is 18.1. The summed E-state index contributed by atoms with van der Waals surface area (Å²) in [5, 5.41) is 4.02. The van der Waals surface area contributed by atoms with E-state index < -0.39 is 0 Å². The van der Waals surface area contributed by atoms with Crippen LogP contribution in [0.4, 0.5) is 0 Å². The molecule has 0 radical (unpaired) electrons. The number of benzene rings is 2. The van der Waals surface area contributed by atoms with Crippen LogP contribution in [0.15, 0.2) is 36.4 Å². The number of halogens is 2. The zero-order valence-corrected chi connectivity index (χ0v) is 17.1. The summed E-state index contributed by atoms with van der Waals surface area (Å²) in [7, 11) is 1.70. The maximum absolute atomic E-state index is 6.35. The van der Waals surface area contributed by atoms with E-state index in [1.807, 2.05) is 44.2 Å². The van der Waals surface area contributed by atoms with Crippen LogP contribution in [0, 0.1) is 0 Å².